The number of pyridine rings is 1. The second kappa shape index (κ2) is 8.32. The Bertz CT molecular complexity index is 368. The van der Waals surface area contributed by atoms with Gasteiger partial charge < -0.3 is 5.32 Å². The van der Waals surface area contributed by atoms with Crippen LogP contribution in [0.25, 0.3) is 0 Å². The molecule has 0 bridgehead atoms. The quantitative estimate of drug-likeness (QED) is 0.792. The van der Waals surface area contributed by atoms with Crippen LogP contribution in [-0.2, 0) is 0 Å². The minimum Gasteiger partial charge on any atom is -0.307 e. The van der Waals surface area contributed by atoms with Gasteiger partial charge in [-0.1, -0.05) is 6.92 Å². The van der Waals surface area contributed by atoms with E-state index in [9.17, 15) is 4.39 Å². The molecule has 1 aromatic heterocycles. The van der Waals surface area contributed by atoms with Crippen LogP contribution in [0.15, 0.2) is 18.3 Å². The highest BCUT2D eigenvalue weighted by molar-refractivity contribution is 5.09. The third kappa shape index (κ3) is 5.17. The van der Waals surface area contributed by atoms with E-state index in [1.54, 1.807) is 6.07 Å². The van der Waals surface area contributed by atoms with E-state index in [-0.39, 0.29) is 11.9 Å². The molecule has 1 heterocycles. The van der Waals surface area contributed by atoms with E-state index in [1.807, 2.05) is 0 Å². The molecule has 0 aromatic carbocycles. The summed E-state index contributed by atoms with van der Waals surface area (Å²) in [7, 11) is 0. The van der Waals surface area contributed by atoms with Crippen LogP contribution in [0.1, 0.15) is 52.8 Å². The van der Waals surface area contributed by atoms with Crippen molar-refractivity contribution in [3.8, 4) is 0 Å². The first-order valence-corrected chi connectivity index (χ1v) is 7.56. The molecule has 0 saturated carbocycles. The molecule has 1 aromatic rings. The van der Waals surface area contributed by atoms with Crippen LogP contribution in [0.4, 0.5) is 4.39 Å². The van der Waals surface area contributed by atoms with Gasteiger partial charge in [0.15, 0.2) is 0 Å². The first-order valence-electron chi connectivity index (χ1n) is 7.56. The van der Waals surface area contributed by atoms with Crippen molar-refractivity contribution >= 4 is 0 Å². The van der Waals surface area contributed by atoms with Gasteiger partial charge in [-0.3, -0.25) is 9.88 Å². The van der Waals surface area contributed by atoms with Gasteiger partial charge in [0.25, 0.3) is 0 Å². The number of hydrogen-bond donors (Lipinski definition) is 1. The van der Waals surface area contributed by atoms with E-state index in [4.69, 9.17) is 0 Å². The lowest BCUT2D eigenvalue weighted by Crippen LogP contribution is -2.42. The molecule has 1 rings (SSSR count). The van der Waals surface area contributed by atoms with E-state index in [2.05, 4.69) is 49.8 Å². The van der Waals surface area contributed by atoms with Gasteiger partial charge in [-0.15, -0.1) is 0 Å². The lowest BCUT2D eigenvalue weighted by molar-refractivity contribution is 0.173. The first-order chi connectivity index (χ1) is 9.45. The zero-order chi connectivity index (χ0) is 15.1. The lowest BCUT2D eigenvalue weighted by atomic mass is 10.1. The van der Waals surface area contributed by atoms with Crippen molar-refractivity contribution in [2.24, 2.45) is 0 Å². The van der Waals surface area contributed by atoms with E-state index in [1.165, 1.54) is 12.3 Å². The van der Waals surface area contributed by atoms with Crippen molar-refractivity contribution in [1.82, 2.24) is 15.2 Å². The summed E-state index contributed by atoms with van der Waals surface area (Å²) in [5.41, 5.74) is 0.912. The van der Waals surface area contributed by atoms with E-state index in [0.717, 1.165) is 25.2 Å². The van der Waals surface area contributed by atoms with Crippen LogP contribution >= 0.6 is 0 Å². The normalized spacial score (nSPS) is 13.4. The Kier molecular flexibility index (Phi) is 7.10. The van der Waals surface area contributed by atoms with E-state index >= 15 is 0 Å². The van der Waals surface area contributed by atoms with Gasteiger partial charge in [0.05, 0.1) is 11.9 Å². The molecule has 0 spiro atoms. The second-order valence-corrected chi connectivity index (χ2v) is 5.74. The van der Waals surface area contributed by atoms with Crippen molar-refractivity contribution in [2.75, 3.05) is 13.1 Å². The van der Waals surface area contributed by atoms with E-state index < -0.39 is 0 Å². The summed E-state index contributed by atoms with van der Waals surface area (Å²) in [6.07, 6.45) is 2.23. The average molecular weight is 281 g/mol. The summed E-state index contributed by atoms with van der Waals surface area (Å²) in [6.45, 7) is 12.9. The number of hydrogen-bond acceptors (Lipinski definition) is 3. The molecule has 1 atom stereocenters. The van der Waals surface area contributed by atoms with Gasteiger partial charge in [0.2, 0.25) is 0 Å². The zero-order valence-electron chi connectivity index (χ0n) is 13.4. The largest absolute Gasteiger partial charge is 0.307 e. The van der Waals surface area contributed by atoms with Gasteiger partial charge in [0, 0.05) is 31.2 Å². The van der Waals surface area contributed by atoms with Crippen LogP contribution < -0.4 is 5.32 Å². The third-order valence-electron chi connectivity index (χ3n) is 3.60. The molecule has 0 aliphatic carbocycles. The van der Waals surface area contributed by atoms with E-state index in [0.29, 0.717) is 12.1 Å². The number of aromatic nitrogens is 1. The Balaban J connectivity index is 2.51. The fourth-order valence-electron chi connectivity index (χ4n) is 2.53. The van der Waals surface area contributed by atoms with Crippen LogP contribution in [0.2, 0.25) is 0 Å². The summed E-state index contributed by atoms with van der Waals surface area (Å²) in [6, 6.07) is 4.51. The SMILES string of the molecule is CCC(NCCN(C(C)C)C(C)C)c1ccc(F)cn1. The minimum atomic E-state index is -0.283. The van der Waals surface area contributed by atoms with Crippen molar-refractivity contribution in [1.29, 1.82) is 0 Å². The van der Waals surface area contributed by atoms with Crippen LogP contribution in [0, 0.1) is 5.82 Å². The monoisotopic (exact) mass is 281 g/mol. The minimum absolute atomic E-state index is 0.191. The molecule has 0 radical (unpaired) electrons. The van der Waals surface area contributed by atoms with Crippen molar-refractivity contribution in [3.05, 3.63) is 29.8 Å². The van der Waals surface area contributed by atoms with Gasteiger partial charge in [-0.25, -0.2) is 4.39 Å². The summed E-state index contributed by atoms with van der Waals surface area (Å²) in [5, 5.41) is 3.52. The number of nitrogens with zero attached hydrogens (tertiary/aromatic N) is 2. The topological polar surface area (TPSA) is 28.2 Å². The molecule has 114 valence electrons. The smallest absolute Gasteiger partial charge is 0.141 e. The summed E-state index contributed by atoms with van der Waals surface area (Å²) in [4.78, 5) is 6.62. The van der Waals surface area contributed by atoms with Crippen molar-refractivity contribution in [2.45, 2.75) is 59.2 Å². The molecule has 0 saturated heterocycles. The third-order valence-corrected chi connectivity index (χ3v) is 3.60. The summed E-state index contributed by atoms with van der Waals surface area (Å²) >= 11 is 0. The maximum absolute atomic E-state index is 12.9. The summed E-state index contributed by atoms with van der Waals surface area (Å²) in [5.74, 6) is -0.283. The Morgan fingerprint density at radius 3 is 2.30 bits per heavy atom. The number of nitrogens with one attached hydrogen (secondary N) is 1. The Labute approximate surface area is 122 Å². The Morgan fingerprint density at radius 2 is 1.85 bits per heavy atom. The van der Waals surface area contributed by atoms with Gasteiger partial charge in [-0.2, -0.15) is 0 Å². The van der Waals surface area contributed by atoms with Gasteiger partial charge >= 0.3 is 0 Å². The molecule has 0 aliphatic rings. The molecule has 0 amide bonds. The first kappa shape index (κ1) is 17.1. The zero-order valence-corrected chi connectivity index (χ0v) is 13.4. The molecular formula is C16H28FN3. The molecule has 0 fully saturated rings. The molecule has 4 heteroatoms. The average Bonchev–Trinajstić information content (AvgIpc) is 2.39. The molecular weight excluding hydrogens is 253 g/mol. The predicted molar refractivity (Wildman–Crippen MR) is 82.2 cm³/mol. The summed E-state index contributed by atoms with van der Waals surface area (Å²) < 4.78 is 12.9. The maximum atomic E-state index is 12.9. The Morgan fingerprint density at radius 1 is 1.20 bits per heavy atom. The number of rotatable bonds is 8. The fraction of sp³-hybridized carbons (Fsp3) is 0.688. The van der Waals surface area contributed by atoms with Gasteiger partial charge in [-0.05, 0) is 46.2 Å². The van der Waals surface area contributed by atoms with Crippen LogP contribution in [-0.4, -0.2) is 35.1 Å². The highest BCUT2D eigenvalue weighted by atomic mass is 19.1. The second-order valence-electron chi connectivity index (χ2n) is 5.74. The predicted octanol–water partition coefficient (Wildman–Crippen LogP) is 3.38. The fourth-order valence-corrected chi connectivity index (χ4v) is 2.53. The van der Waals surface area contributed by atoms with Crippen molar-refractivity contribution < 1.29 is 4.39 Å². The van der Waals surface area contributed by atoms with Crippen LogP contribution in [0.5, 0.6) is 0 Å². The molecule has 1 N–H and O–H groups in total. The molecule has 20 heavy (non-hydrogen) atoms. The Hall–Kier alpha value is -1.00. The van der Waals surface area contributed by atoms with Crippen molar-refractivity contribution in [3.63, 3.8) is 0 Å². The standard InChI is InChI=1S/C16H28FN3/c1-6-15(16-8-7-14(17)11-19-16)18-9-10-20(12(2)3)13(4)5/h7-8,11-13,15,18H,6,9-10H2,1-5H3. The lowest BCUT2D eigenvalue weighted by Gasteiger charge is -2.31. The number of halogens is 1. The van der Waals surface area contributed by atoms with Gasteiger partial charge in [0.1, 0.15) is 5.82 Å². The molecule has 3 nitrogen and oxygen atoms in total. The maximum Gasteiger partial charge on any atom is 0.141 e. The highest BCUT2D eigenvalue weighted by Crippen LogP contribution is 2.14. The highest BCUT2D eigenvalue weighted by Gasteiger charge is 2.14. The molecule has 1 unspecified atom stereocenters. The van der Waals surface area contributed by atoms with Crippen LogP contribution in [0.3, 0.4) is 0 Å². The molecule has 0 aliphatic heterocycles.